The van der Waals surface area contributed by atoms with Crippen LogP contribution in [0.2, 0.25) is 0 Å². The number of aromatic nitrogens is 3. The van der Waals surface area contributed by atoms with E-state index in [1.165, 1.54) is 28.4 Å². The molecule has 1 aromatic rings. The summed E-state index contributed by atoms with van der Waals surface area (Å²) < 4.78 is 1.58. The second-order valence-corrected chi connectivity index (χ2v) is 6.73. The Labute approximate surface area is 128 Å². The summed E-state index contributed by atoms with van der Waals surface area (Å²) in [6.07, 6.45) is 1.58. The van der Waals surface area contributed by atoms with E-state index < -0.39 is 12.0 Å². The number of carboxylic acid groups (broad SMARTS) is 1. The number of β-lactam (4-membered cyclic amide) rings is 1. The second-order valence-electron chi connectivity index (χ2n) is 4.68. The lowest BCUT2D eigenvalue weighted by Crippen LogP contribution is -2.68. The van der Waals surface area contributed by atoms with E-state index in [1.54, 1.807) is 18.1 Å². The Kier molecular flexibility index (Phi) is 3.68. The number of fused-ring (bicyclic) bond motifs is 1. The molecule has 112 valence electrons. The Hall–Kier alpha value is -1.52. The van der Waals surface area contributed by atoms with Crippen molar-refractivity contribution >= 4 is 35.4 Å². The van der Waals surface area contributed by atoms with Crippen LogP contribution in [0.5, 0.6) is 0 Å². The first-order valence-electron chi connectivity index (χ1n) is 6.13. The van der Waals surface area contributed by atoms with Crippen LogP contribution in [0.3, 0.4) is 0 Å². The highest BCUT2D eigenvalue weighted by molar-refractivity contribution is 8.01. The molecule has 21 heavy (non-hydrogen) atoms. The number of hydrogen-bond donors (Lipinski definition) is 2. The summed E-state index contributed by atoms with van der Waals surface area (Å²) in [5.74, 6) is -0.443. The summed E-state index contributed by atoms with van der Waals surface area (Å²) in [4.78, 5) is 28.6. The maximum atomic E-state index is 11.8. The molecule has 2 aliphatic heterocycles. The molecule has 1 amide bonds. The minimum absolute atomic E-state index is 0.0638. The largest absolute Gasteiger partial charge is 0.477 e. The van der Waals surface area contributed by atoms with Crippen molar-refractivity contribution in [1.82, 2.24) is 19.7 Å². The first-order chi connectivity index (χ1) is 9.99. The summed E-state index contributed by atoms with van der Waals surface area (Å²) in [6, 6.07) is -0.601. The zero-order valence-electron chi connectivity index (χ0n) is 11.1. The fourth-order valence-electron chi connectivity index (χ4n) is 2.23. The van der Waals surface area contributed by atoms with Gasteiger partial charge in [0.1, 0.15) is 23.4 Å². The molecule has 0 radical (unpaired) electrons. The number of aliphatic carboxylic acids is 1. The number of nitrogens with zero attached hydrogens (tertiary/aromatic N) is 4. The quantitative estimate of drug-likeness (QED) is 0.561. The monoisotopic (exact) mass is 327 g/mol. The molecule has 10 heteroatoms. The van der Waals surface area contributed by atoms with Crippen LogP contribution in [0.4, 0.5) is 0 Å². The van der Waals surface area contributed by atoms with Crippen LogP contribution >= 0.6 is 23.5 Å². The van der Waals surface area contributed by atoms with Crippen LogP contribution < -0.4 is 5.73 Å². The Morgan fingerprint density at radius 1 is 1.67 bits per heavy atom. The molecule has 1 aromatic heterocycles. The summed E-state index contributed by atoms with van der Waals surface area (Å²) in [5.41, 5.74) is 6.46. The molecule has 0 aliphatic carbocycles. The minimum Gasteiger partial charge on any atom is -0.477 e. The molecule has 2 unspecified atom stereocenters. The van der Waals surface area contributed by atoms with Crippen molar-refractivity contribution in [1.29, 1.82) is 0 Å². The lowest BCUT2D eigenvalue weighted by atomic mass is 10.0. The molecule has 2 atom stereocenters. The molecule has 1 fully saturated rings. The predicted octanol–water partition coefficient (Wildman–Crippen LogP) is -0.512. The number of carbonyl (C=O) groups is 2. The molecule has 2 aliphatic rings. The van der Waals surface area contributed by atoms with Gasteiger partial charge in [-0.25, -0.2) is 9.78 Å². The van der Waals surface area contributed by atoms with Crippen LogP contribution in [-0.2, 0) is 16.6 Å². The smallest absolute Gasteiger partial charge is 0.352 e. The molecule has 3 rings (SSSR count). The standard InChI is InChI=1S/C11H13N5O3S2/c1-15-4-13-11(14-15)21-3-5-2-20-9-6(12)8(17)16(9)7(5)10(18)19/h4,6,9H,2-3,12H2,1H3,(H,18,19). The van der Waals surface area contributed by atoms with Crippen LogP contribution in [0, 0.1) is 0 Å². The third kappa shape index (κ3) is 2.43. The van der Waals surface area contributed by atoms with Gasteiger partial charge in [0, 0.05) is 18.6 Å². The summed E-state index contributed by atoms with van der Waals surface area (Å²) in [6.45, 7) is 0. The van der Waals surface area contributed by atoms with E-state index in [0.29, 0.717) is 22.2 Å². The van der Waals surface area contributed by atoms with Crippen molar-refractivity contribution in [3.8, 4) is 0 Å². The molecule has 0 bridgehead atoms. The molecule has 0 aromatic carbocycles. The third-order valence-electron chi connectivity index (χ3n) is 3.25. The maximum absolute atomic E-state index is 11.8. The van der Waals surface area contributed by atoms with Crippen molar-refractivity contribution in [3.63, 3.8) is 0 Å². The maximum Gasteiger partial charge on any atom is 0.352 e. The van der Waals surface area contributed by atoms with Crippen LogP contribution in [0.15, 0.2) is 22.8 Å². The number of hydrogen-bond acceptors (Lipinski definition) is 7. The van der Waals surface area contributed by atoms with Gasteiger partial charge in [-0.15, -0.1) is 16.9 Å². The van der Waals surface area contributed by atoms with Crippen molar-refractivity contribution < 1.29 is 14.7 Å². The van der Waals surface area contributed by atoms with Gasteiger partial charge in [-0.3, -0.25) is 14.4 Å². The van der Waals surface area contributed by atoms with Gasteiger partial charge < -0.3 is 10.8 Å². The topological polar surface area (TPSA) is 114 Å². The fourth-order valence-corrected chi connectivity index (χ4v) is 4.50. The normalized spacial score (nSPS) is 24.9. The molecular weight excluding hydrogens is 314 g/mol. The lowest BCUT2D eigenvalue weighted by molar-refractivity contribution is -0.147. The van der Waals surface area contributed by atoms with E-state index in [2.05, 4.69) is 10.1 Å². The second kappa shape index (κ2) is 5.35. The molecule has 0 saturated carbocycles. The highest BCUT2D eigenvalue weighted by Gasteiger charge is 2.51. The third-order valence-corrected chi connectivity index (χ3v) is 5.54. The van der Waals surface area contributed by atoms with Crippen LogP contribution in [-0.4, -0.2) is 59.6 Å². The van der Waals surface area contributed by atoms with E-state index in [0.717, 1.165) is 0 Å². The Morgan fingerprint density at radius 2 is 2.43 bits per heavy atom. The molecule has 3 N–H and O–H groups in total. The number of thioether (sulfide) groups is 2. The lowest BCUT2D eigenvalue weighted by Gasteiger charge is -2.48. The number of aryl methyl sites for hydroxylation is 1. The first kappa shape index (κ1) is 14.4. The molecule has 3 heterocycles. The minimum atomic E-state index is -1.09. The number of rotatable bonds is 4. The van der Waals surface area contributed by atoms with E-state index >= 15 is 0 Å². The summed E-state index contributed by atoms with van der Waals surface area (Å²) in [5, 5.41) is 13.8. The molecule has 0 spiro atoms. The van der Waals surface area contributed by atoms with E-state index in [9.17, 15) is 14.7 Å². The zero-order valence-corrected chi connectivity index (χ0v) is 12.7. The van der Waals surface area contributed by atoms with E-state index in [-0.39, 0.29) is 17.0 Å². The average molecular weight is 327 g/mol. The molecule has 1 saturated heterocycles. The number of nitrogens with two attached hydrogens (primary N) is 1. The van der Waals surface area contributed by atoms with Crippen molar-refractivity contribution in [2.45, 2.75) is 16.6 Å². The van der Waals surface area contributed by atoms with Gasteiger partial charge in [-0.05, 0) is 5.57 Å². The number of amides is 1. The van der Waals surface area contributed by atoms with Gasteiger partial charge in [0.05, 0.1) is 0 Å². The average Bonchev–Trinajstić information content (AvgIpc) is 2.88. The highest BCUT2D eigenvalue weighted by atomic mass is 32.2. The van der Waals surface area contributed by atoms with Crippen LogP contribution in [0.25, 0.3) is 0 Å². The Morgan fingerprint density at radius 3 is 3.05 bits per heavy atom. The summed E-state index contributed by atoms with van der Waals surface area (Å²) >= 11 is 2.85. The van der Waals surface area contributed by atoms with Crippen molar-refractivity contribution in [2.24, 2.45) is 12.8 Å². The van der Waals surface area contributed by atoms with E-state index in [4.69, 9.17) is 5.73 Å². The van der Waals surface area contributed by atoms with Gasteiger partial charge >= 0.3 is 5.97 Å². The van der Waals surface area contributed by atoms with Gasteiger partial charge in [0.15, 0.2) is 0 Å². The fraction of sp³-hybridized carbons (Fsp3) is 0.455. The first-order valence-corrected chi connectivity index (χ1v) is 8.16. The SMILES string of the molecule is Cn1cnc(SCC2=C(C(=O)O)N3C(=O)C(N)C3SC2)n1. The number of carboxylic acids is 1. The summed E-state index contributed by atoms with van der Waals surface area (Å²) in [7, 11) is 1.76. The Balaban J connectivity index is 1.81. The molecular formula is C11H13N5O3S2. The molecule has 8 nitrogen and oxygen atoms in total. The highest BCUT2D eigenvalue weighted by Crippen LogP contribution is 2.40. The van der Waals surface area contributed by atoms with E-state index in [1.807, 2.05) is 0 Å². The van der Waals surface area contributed by atoms with Gasteiger partial charge in [0.25, 0.3) is 0 Å². The van der Waals surface area contributed by atoms with Crippen LogP contribution in [0.1, 0.15) is 0 Å². The predicted molar refractivity (Wildman–Crippen MR) is 77.5 cm³/mol. The van der Waals surface area contributed by atoms with Gasteiger partial charge in [0.2, 0.25) is 11.1 Å². The van der Waals surface area contributed by atoms with Gasteiger partial charge in [-0.2, -0.15) is 0 Å². The van der Waals surface area contributed by atoms with Crippen molar-refractivity contribution in [2.75, 3.05) is 11.5 Å². The van der Waals surface area contributed by atoms with Gasteiger partial charge in [-0.1, -0.05) is 11.8 Å². The number of carbonyl (C=O) groups excluding carboxylic acids is 1. The Bertz CT molecular complexity index is 644. The zero-order chi connectivity index (χ0) is 15.1. The van der Waals surface area contributed by atoms with Crippen molar-refractivity contribution in [3.05, 3.63) is 17.6 Å².